The summed E-state index contributed by atoms with van der Waals surface area (Å²) in [6.45, 7) is 4.17. The summed E-state index contributed by atoms with van der Waals surface area (Å²) in [6, 6.07) is 6.36. The lowest BCUT2D eigenvalue weighted by molar-refractivity contribution is 0.303. The van der Waals surface area contributed by atoms with Gasteiger partial charge in [-0.3, -0.25) is 4.90 Å². The molecule has 2 heterocycles. The summed E-state index contributed by atoms with van der Waals surface area (Å²) in [4.78, 5) is 2.43. The standard InChI is InChI=1S/C15H22N2O2/c1-19-14-6-2-4-12(15(14)18)9-17-8-11-5-3-7-16-13(11)10-17/h2,4,6,11,13,16,18H,3,5,7-10H2,1H3. The van der Waals surface area contributed by atoms with Gasteiger partial charge in [-0.1, -0.05) is 12.1 Å². The van der Waals surface area contributed by atoms with Crippen LogP contribution in [0.4, 0.5) is 0 Å². The fourth-order valence-corrected chi connectivity index (χ4v) is 3.37. The molecule has 0 aromatic heterocycles. The number of phenols is 1. The van der Waals surface area contributed by atoms with Crippen molar-refractivity contribution in [3.63, 3.8) is 0 Å². The highest BCUT2D eigenvalue weighted by Crippen LogP contribution is 2.32. The van der Waals surface area contributed by atoms with Crippen molar-refractivity contribution >= 4 is 0 Å². The third-order valence-corrected chi connectivity index (χ3v) is 4.37. The number of para-hydroxylation sites is 1. The van der Waals surface area contributed by atoms with Crippen LogP contribution in [0.25, 0.3) is 0 Å². The zero-order valence-corrected chi connectivity index (χ0v) is 11.4. The number of piperidine rings is 1. The van der Waals surface area contributed by atoms with Gasteiger partial charge >= 0.3 is 0 Å². The Balaban J connectivity index is 1.69. The van der Waals surface area contributed by atoms with Gasteiger partial charge < -0.3 is 15.2 Å². The van der Waals surface area contributed by atoms with Gasteiger partial charge in [-0.25, -0.2) is 0 Å². The molecule has 2 saturated heterocycles. The number of methoxy groups -OCH3 is 1. The number of ether oxygens (including phenoxy) is 1. The summed E-state index contributed by atoms with van der Waals surface area (Å²) in [6.07, 6.45) is 2.62. The van der Waals surface area contributed by atoms with Gasteiger partial charge in [-0.2, -0.15) is 0 Å². The van der Waals surface area contributed by atoms with Crippen molar-refractivity contribution in [2.45, 2.75) is 25.4 Å². The van der Waals surface area contributed by atoms with E-state index in [4.69, 9.17) is 4.74 Å². The molecule has 1 aromatic carbocycles. The van der Waals surface area contributed by atoms with Gasteiger partial charge in [0.2, 0.25) is 0 Å². The Morgan fingerprint density at radius 2 is 2.32 bits per heavy atom. The summed E-state index contributed by atoms with van der Waals surface area (Å²) >= 11 is 0. The SMILES string of the molecule is COc1cccc(CN2CC3CCCNC3C2)c1O. The molecule has 2 aliphatic rings. The molecule has 104 valence electrons. The predicted molar refractivity (Wildman–Crippen MR) is 74.5 cm³/mol. The molecule has 2 N–H and O–H groups in total. The van der Waals surface area contributed by atoms with Crippen molar-refractivity contribution in [3.8, 4) is 11.5 Å². The van der Waals surface area contributed by atoms with Gasteiger partial charge in [0.05, 0.1) is 7.11 Å². The first-order valence-corrected chi connectivity index (χ1v) is 7.08. The summed E-state index contributed by atoms with van der Waals surface area (Å²) in [5.41, 5.74) is 0.956. The van der Waals surface area contributed by atoms with Gasteiger partial charge in [-0.05, 0) is 31.4 Å². The maximum absolute atomic E-state index is 10.1. The van der Waals surface area contributed by atoms with Crippen molar-refractivity contribution in [1.82, 2.24) is 10.2 Å². The van der Waals surface area contributed by atoms with Crippen LogP contribution >= 0.6 is 0 Å². The molecule has 2 atom stereocenters. The van der Waals surface area contributed by atoms with Crippen LogP contribution in [0.5, 0.6) is 11.5 Å². The van der Waals surface area contributed by atoms with Gasteiger partial charge in [-0.15, -0.1) is 0 Å². The number of likely N-dealkylation sites (tertiary alicyclic amines) is 1. The minimum atomic E-state index is 0.285. The Morgan fingerprint density at radius 1 is 1.42 bits per heavy atom. The van der Waals surface area contributed by atoms with Crippen molar-refractivity contribution in [3.05, 3.63) is 23.8 Å². The molecule has 0 amide bonds. The van der Waals surface area contributed by atoms with Crippen LogP contribution in [-0.4, -0.2) is 42.8 Å². The van der Waals surface area contributed by atoms with E-state index in [1.54, 1.807) is 13.2 Å². The third-order valence-electron chi connectivity index (χ3n) is 4.37. The van der Waals surface area contributed by atoms with E-state index >= 15 is 0 Å². The number of nitrogens with one attached hydrogen (secondary N) is 1. The van der Waals surface area contributed by atoms with Crippen LogP contribution in [0.1, 0.15) is 18.4 Å². The summed E-state index contributed by atoms with van der Waals surface area (Å²) < 4.78 is 5.16. The van der Waals surface area contributed by atoms with E-state index < -0.39 is 0 Å². The highest BCUT2D eigenvalue weighted by atomic mass is 16.5. The minimum absolute atomic E-state index is 0.285. The van der Waals surface area contributed by atoms with Crippen LogP contribution in [0.2, 0.25) is 0 Å². The lowest BCUT2D eigenvalue weighted by Gasteiger charge is -2.24. The molecule has 4 heteroatoms. The Morgan fingerprint density at radius 3 is 3.11 bits per heavy atom. The molecular weight excluding hydrogens is 240 g/mol. The highest BCUT2D eigenvalue weighted by molar-refractivity contribution is 5.45. The Kier molecular flexibility index (Phi) is 3.62. The van der Waals surface area contributed by atoms with E-state index in [1.807, 2.05) is 12.1 Å². The number of phenolic OH excluding ortho intramolecular Hbond substituents is 1. The van der Waals surface area contributed by atoms with Gasteiger partial charge in [0.15, 0.2) is 11.5 Å². The van der Waals surface area contributed by atoms with Crippen LogP contribution in [0.3, 0.4) is 0 Å². The number of hydrogen-bond donors (Lipinski definition) is 2. The van der Waals surface area contributed by atoms with Crippen molar-refractivity contribution in [2.24, 2.45) is 5.92 Å². The molecule has 2 unspecified atom stereocenters. The predicted octanol–water partition coefficient (Wildman–Crippen LogP) is 1.58. The maximum Gasteiger partial charge on any atom is 0.162 e. The normalized spacial score (nSPS) is 27.2. The monoisotopic (exact) mass is 262 g/mol. The smallest absolute Gasteiger partial charge is 0.162 e. The van der Waals surface area contributed by atoms with E-state index in [-0.39, 0.29) is 5.75 Å². The number of benzene rings is 1. The van der Waals surface area contributed by atoms with Gasteiger partial charge in [0.1, 0.15) is 0 Å². The molecule has 0 saturated carbocycles. The van der Waals surface area contributed by atoms with E-state index in [2.05, 4.69) is 10.2 Å². The topological polar surface area (TPSA) is 44.7 Å². The van der Waals surface area contributed by atoms with Crippen molar-refractivity contribution in [2.75, 3.05) is 26.7 Å². The number of hydrogen-bond acceptors (Lipinski definition) is 4. The minimum Gasteiger partial charge on any atom is -0.504 e. The van der Waals surface area contributed by atoms with Gasteiger partial charge in [0.25, 0.3) is 0 Å². The fraction of sp³-hybridized carbons (Fsp3) is 0.600. The molecule has 2 fully saturated rings. The fourth-order valence-electron chi connectivity index (χ4n) is 3.37. The van der Waals surface area contributed by atoms with Crippen LogP contribution in [0.15, 0.2) is 18.2 Å². The molecule has 0 radical (unpaired) electrons. The molecule has 0 bridgehead atoms. The Bertz CT molecular complexity index is 436. The Labute approximate surface area is 114 Å². The number of nitrogens with zero attached hydrogens (tertiary/aromatic N) is 1. The molecule has 3 rings (SSSR count). The zero-order chi connectivity index (χ0) is 13.2. The van der Waals surface area contributed by atoms with E-state index in [9.17, 15) is 5.11 Å². The molecule has 1 aromatic rings. The first-order valence-electron chi connectivity index (χ1n) is 7.08. The average Bonchev–Trinajstić information content (AvgIpc) is 2.83. The second-order valence-electron chi connectivity index (χ2n) is 5.63. The summed E-state index contributed by atoms with van der Waals surface area (Å²) in [7, 11) is 1.59. The van der Waals surface area contributed by atoms with E-state index in [0.717, 1.165) is 37.7 Å². The van der Waals surface area contributed by atoms with Crippen molar-refractivity contribution in [1.29, 1.82) is 0 Å². The second kappa shape index (κ2) is 5.39. The largest absolute Gasteiger partial charge is 0.504 e. The third kappa shape index (κ3) is 2.55. The molecule has 19 heavy (non-hydrogen) atoms. The number of rotatable bonds is 3. The van der Waals surface area contributed by atoms with Gasteiger partial charge in [0, 0.05) is 31.2 Å². The first-order chi connectivity index (χ1) is 9.28. The van der Waals surface area contributed by atoms with Crippen molar-refractivity contribution < 1.29 is 9.84 Å². The number of aromatic hydroxyl groups is 1. The van der Waals surface area contributed by atoms with E-state index in [0.29, 0.717) is 11.8 Å². The molecular formula is C15H22N2O2. The zero-order valence-electron chi connectivity index (χ0n) is 11.4. The summed E-state index contributed by atoms with van der Waals surface area (Å²) in [5.74, 6) is 1.63. The molecule has 2 aliphatic heterocycles. The lowest BCUT2D eigenvalue weighted by Crippen LogP contribution is -2.40. The van der Waals surface area contributed by atoms with Crippen LogP contribution in [0, 0.1) is 5.92 Å². The van der Waals surface area contributed by atoms with Crippen LogP contribution < -0.4 is 10.1 Å². The molecule has 0 aliphatic carbocycles. The quantitative estimate of drug-likeness (QED) is 0.868. The highest BCUT2D eigenvalue weighted by Gasteiger charge is 2.34. The summed E-state index contributed by atoms with van der Waals surface area (Å²) in [5, 5.41) is 13.7. The second-order valence-corrected chi connectivity index (χ2v) is 5.63. The molecule has 0 spiro atoms. The first kappa shape index (κ1) is 12.8. The maximum atomic E-state index is 10.1. The molecule has 4 nitrogen and oxygen atoms in total. The van der Waals surface area contributed by atoms with E-state index in [1.165, 1.54) is 12.8 Å². The Hall–Kier alpha value is -1.26. The van der Waals surface area contributed by atoms with Crippen LogP contribution in [-0.2, 0) is 6.54 Å². The average molecular weight is 262 g/mol. The lowest BCUT2D eigenvalue weighted by atomic mass is 9.94. The number of fused-ring (bicyclic) bond motifs is 1.